The molecule has 0 radical (unpaired) electrons. The molecule has 0 aliphatic rings. The molecule has 5 nitrogen and oxygen atoms in total. The number of amides is 1. The molecule has 0 aliphatic carbocycles. The minimum Gasteiger partial charge on any atom is -0.469 e. The first kappa shape index (κ1) is 19.6. The lowest BCUT2D eigenvalue weighted by molar-refractivity contribution is -0.141. The van der Waals surface area contributed by atoms with E-state index in [2.05, 4.69) is 35.1 Å². The van der Waals surface area contributed by atoms with Crippen LogP contribution < -0.4 is 5.32 Å². The Morgan fingerprint density at radius 2 is 2.04 bits per heavy atom. The van der Waals surface area contributed by atoms with Crippen LogP contribution in [0.4, 0.5) is 0 Å². The summed E-state index contributed by atoms with van der Waals surface area (Å²) in [6.07, 6.45) is 0.351. The van der Waals surface area contributed by atoms with E-state index < -0.39 is 6.04 Å². The number of benzene rings is 1. The largest absolute Gasteiger partial charge is 0.469 e. The van der Waals surface area contributed by atoms with Crippen molar-refractivity contribution in [2.75, 3.05) is 20.3 Å². The molecular weight excluding hydrogens is 362 g/mol. The van der Waals surface area contributed by atoms with Gasteiger partial charge in [0.1, 0.15) is 0 Å². The number of halogens is 1. The second-order valence-electron chi connectivity index (χ2n) is 5.67. The van der Waals surface area contributed by atoms with E-state index >= 15 is 0 Å². The molecule has 23 heavy (non-hydrogen) atoms. The van der Waals surface area contributed by atoms with E-state index in [0.717, 1.165) is 10.0 Å². The van der Waals surface area contributed by atoms with Crippen LogP contribution in [0.3, 0.4) is 0 Å². The number of methoxy groups -OCH3 is 1. The zero-order valence-electron chi connectivity index (χ0n) is 13.8. The topological polar surface area (TPSA) is 64.6 Å². The molecule has 1 unspecified atom stereocenters. The van der Waals surface area contributed by atoms with Gasteiger partial charge in [-0.05, 0) is 23.6 Å². The van der Waals surface area contributed by atoms with Gasteiger partial charge in [-0.15, -0.1) is 0 Å². The fraction of sp³-hybridized carbons (Fsp3) is 0.529. The summed E-state index contributed by atoms with van der Waals surface area (Å²) >= 11 is 3.40. The first-order valence-electron chi connectivity index (χ1n) is 7.61. The second kappa shape index (κ2) is 10.4. The van der Waals surface area contributed by atoms with E-state index in [1.165, 1.54) is 7.11 Å². The summed E-state index contributed by atoms with van der Waals surface area (Å²) in [5.74, 6) is -0.0826. The van der Waals surface area contributed by atoms with E-state index in [9.17, 15) is 9.59 Å². The Labute approximate surface area is 145 Å². The molecule has 1 amide bonds. The van der Waals surface area contributed by atoms with Crippen LogP contribution in [0.1, 0.15) is 38.3 Å². The van der Waals surface area contributed by atoms with Gasteiger partial charge in [0.05, 0.1) is 26.2 Å². The van der Waals surface area contributed by atoms with Crippen molar-refractivity contribution in [2.24, 2.45) is 5.92 Å². The second-order valence-corrected chi connectivity index (χ2v) is 6.59. The van der Waals surface area contributed by atoms with Gasteiger partial charge in [-0.3, -0.25) is 9.59 Å². The maximum absolute atomic E-state index is 12.1. The van der Waals surface area contributed by atoms with Gasteiger partial charge in [0.2, 0.25) is 5.91 Å². The molecule has 1 N–H and O–H groups in total. The van der Waals surface area contributed by atoms with Gasteiger partial charge in [-0.1, -0.05) is 41.9 Å². The average Bonchev–Trinajstić information content (AvgIpc) is 2.50. The molecule has 1 aromatic carbocycles. The highest BCUT2D eigenvalue weighted by molar-refractivity contribution is 9.10. The summed E-state index contributed by atoms with van der Waals surface area (Å²) in [5.41, 5.74) is 0.848. The Morgan fingerprint density at radius 3 is 2.65 bits per heavy atom. The van der Waals surface area contributed by atoms with Crippen LogP contribution >= 0.6 is 15.9 Å². The molecule has 1 atom stereocenters. The van der Waals surface area contributed by atoms with E-state index in [1.54, 1.807) is 0 Å². The maximum atomic E-state index is 12.1. The van der Waals surface area contributed by atoms with Crippen LogP contribution in [0.5, 0.6) is 0 Å². The average molecular weight is 386 g/mol. The van der Waals surface area contributed by atoms with E-state index in [-0.39, 0.29) is 24.7 Å². The smallest absolute Gasteiger partial charge is 0.307 e. The molecule has 0 saturated heterocycles. The minimum absolute atomic E-state index is 0.0888. The maximum Gasteiger partial charge on any atom is 0.307 e. The highest BCUT2D eigenvalue weighted by Crippen LogP contribution is 2.21. The van der Waals surface area contributed by atoms with Crippen LogP contribution in [0.2, 0.25) is 0 Å². The summed E-state index contributed by atoms with van der Waals surface area (Å²) in [6.45, 7) is 5.11. The van der Waals surface area contributed by atoms with Gasteiger partial charge in [0, 0.05) is 17.5 Å². The monoisotopic (exact) mass is 385 g/mol. The third kappa shape index (κ3) is 8.13. The predicted octanol–water partition coefficient (Wildman–Crippen LogP) is 3.23. The number of hydrogen-bond acceptors (Lipinski definition) is 4. The van der Waals surface area contributed by atoms with Crippen molar-refractivity contribution in [1.82, 2.24) is 5.32 Å². The lowest BCUT2D eigenvalue weighted by Crippen LogP contribution is -2.31. The fourth-order valence-corrected chi connectivity index (χ4v) is 2.39. The number of carbonyl (C=O) groups excluding carboxylic acids is 2. The summed E-state index contributed by atoms with van der Waals surface area (Å²) in [7, 11) is 1.34. The lowest BCUT2D eigenvalue weighted by atomic mass is 10.0. The lowest BCUT2D eigenvalue weighted by Gasteiger charge is -2.18. The number of carbonyl (C=O) groups is 2. The Balaban J connectivity index is 2.62. The summed E-state index contributed by atoms with van der Waals surface area (Å²) < 4.78 is 11.0. The summed E-state index contributed by atoms with van der Waals surface area (Å²) in [6, 6.07) is 7.08. The molecule has 0 aromatic heterocycles. The molecule has 0 aliphatic heterocycles. The zero-order valence-corrected chi connectivity index (χ0v) is 15.4. The van der Waals surface area contributed by atoms with Crippen molar-refractivity contribution < 1.29 is 19.1 Å². The van der Waals surface area contributed by atoms with Gasteiger partial charge in [-0.2, -0.15) is 0 Å². The number of esters is 1. The molecule has 1 aromatic rings. The van der Waals surface area contributed by atoms with Crippen LogP contribution in [0.25, 0.3) is 0 Å². The van der Waals surface area contributed by atoms with Gasteiger partial charge in [0.25, 0.3) is 0 Å². The fourth-order valence-electron chi connectivity index (χ4n) is 1.98. The SMILES string of the molecule is COC(=O)CC(NC(=O)CCOCC(C)C)c1cccc(Br)c1. The molecule has 0 fully saturated rings. The highest BCUT2D eigenvalue weighted by atomic mass is 79.9. The third-order valence-corrected chi connectivity index (χ3v) is 3.60. The predicted molar refractivity (Wildman–Crippen MR) is 91.9 cm³/mol. The van der Waals surface area contributed by atoms with Crippen LogP contribution in [-0.2, 0) is 19.1 Å². The standard InChI is InChI=1S/C17H24BrNO4/c1-12(2)11-23-8-7-16(20)19-15(10-17(21)22-3)13-5-4-6-14(18)9-13/h4-6,9,12,15H,7-8,10-11H2,1-3H3,(H,19,20). The van der Waals surface area contributed by atoms with Crippen molar-refractivity contribution in [1.29, 1.82) is 0 Å². The van der Waals surface area contributed by atoms with Crippen LogP contribution in [-0.4, -0.2) is 32.2 Å². The van der Waals surface area contributed by atoms with Gasteiger partial charge < -0.3 is 14.8 Å². The molecule has 6 heteroatoms. The van der Waals surface area contributed by atoms with Crippen molar-refractivity contribution >= 4 is 27.8 Å². The molecule has 0 heterocycles. The number of ether oxygens (including phenoxy) is 2. The molecule has 0 bridgehead atoms. The normalized spacial score (nSPS) is 12.0. The van der Waals surface area contributed by atoms with Crippen LogP contribution in [0, 0.1) is 5.92 Å². The summed E-state index contributed by atoms with van der Waals surface area (Å²) in [4.78, 5) is 23.7. The zero-order chi connectivity index (χ0) is 17.2. The van der Waals surface area contributed by atoms with E-state index in [4.69, 9.17) is 9.47 Å². The quantitative estimate of drug-likeness (QED) is 0.523. The first-order valence-corrected chi connectivity index (χ1v) is 8.41. The number of rotatable bonds is 9. The van der Waals surface area contributed by atoms with Gasteiger partial charge in [0.15, 0.2) is 0 Å². The van der Waals surface area contributed by atoms with Crippen LogP contribution in [0.15, 0.2) is 28.7 Å². The molecule has 0 spiro atoms. The summed E-state index contributed by atoms with van der Waals surface area (Å²) in [5, 5.41) is 2.87. The van der Waals surface area contributed by atoms with Gasteiger partial charge >= 0.3 is 5.97 Å². The van der Waals surface area contributed by atoms with E-state index in [1.807, 2.05) is 24.3 Å². The Kier molecular flexibility index (Phi) is 8.87. The van der Waals surface area contributed by atoms with Crippen molar-refractivity contribution in [2.45, 2.75) is 32.7 Å². The van der Waals surface area contributed by atoms with Crippen molar-refractivity contribution in [3.8, 4) is 0 Å². The Bertz CT molecular complexity index is 519. The number of nitrogens with one attached hydrogen (secondary N) is 1. The number of hydrogen-bond donors (Lipinski definition) is 1. The minimum atomic E-state index is -0.419. The third-order valence-electron chi connectivity index (χ3n) is 3.11. The van der Waals surface area contributed by atoms with Crippen molar-refractivity contribution in [3.05, 3.63) is 34.3 Å². The molecule has 128 valence electrons. The van der Waals surface area contributed by atoms with Gasteiger partial charge in [-0.25, -0.2) is 0 Å². The van der Waals surface area contributed by atoms with Crippen molar-refractivity contribution in [3.63, 3.8) is 0 Å². The first-order chi connectivity index (χ1) is 10.9. The molecule has 1 rings (SSSR count). The van der Waals surface area contributed by atoms with E-state index in [0.29, 0.717) is 19.1 Å². The Morgan fingerprint density at radius 1 is 1.30 bits per heavy atom. The highest BCUT2D eigenvalue weighted by Gasteiger charge is 2.19. The molecular formula is C17H24BrNO4. The Hall–Kier alpha value is -1.40. The molecule has 0 saturated carbocycles.